The molecule has 0 saturated heterocycles. The van der Waals surface area contributed by atoms with Crippen LogP contribution in [-0.2, 0) is 13.5 Å². The van der Waals surface area contributed by atoms with E-state index in [9.17, 15) is 4.79 Å². The summed E-state index contributed by atoms with van der Waals surface area (Å²) in [6.45, 7) is 0.694. The van der Waals surface area contributed by atoms with E-state index in [1.165, 1.54) is 5.56 Å². The van der Waals surface area contributed by atoms with Crippen LogP contribution in [0.25, 0.3) is 0 Å². The molecule has 0 radical (unpaired) electrons. The minimum Gasteiger partial charge on any atom is -0.305 e. The van der Waals surface area contributed by atoms with Crippen molar-refractivity contribution >= 4 is 11.6 Å². The molecule has 1 aliphatic rings. The molecule has 1 aromatic carbocycles. The molecule has 2 aromatic rings. The van der Waals surface area contributed by atoms with Crippen molar-refractivity contribution in [2.75, 3.05) is 25.5 Å². The fraction of sp³-hybridized carbons (Fsp3) is 0.412. The van der Waals surface area contributed by atoms with Gasteiger partial charge >= 0.3 is 0 Å². The molecule has 0 spiro atoms. The van der Waals surface area contributed by atoms with Crippen molar-refractivity contribution in [3.8, 4) is 0 Å². The van der Waals surface area contributed by atoms with Gasteiger partial charge in [-0.15, -0.1) is 0 Å². The van der Waals surface area contributed by atoms with Crippen LogP contribution in [0, 0.1) is 0 Å². The average Bonchev–Trinajstić information content (AvgIpc) is 2.83. The molecule has 0 aliphatic carbocycles. The van der Waals surface area contributed by atoms with Crippen LogP contribution < -0.4 is 4.90 Å². The fourth-order valence-electron chi connectivity index (χ4n) is 2.99. The van der Waals surface area contributed by atoms with Gasteiger partial charge in [-0.2, -0.15) is 5.10 Å². The predicted octanol–water partition coefficient (Wildman–Crippen LogP) is 1.94. The summed E-state index contributed by atoms with van der Waals surface area (Å²) in [5.41, 5.74) is 2.75. The molecule has 0 fully saturated rings. The number of anilines is 1. The summed E-state index contributed by atoms with van der Waals surface area (Å²) in [6.07, 6.45) is 3.85. The summed E-state index contributed by atoms with van der Waals surface area (Å²) in [7, 11) is 5.98. The van der Waals surface area contributed by atoms with Gasteiger partial charge in [-0.25, -0.2) is 0 Å². The number of carbonyl (C=O) groups excluding carboxylic acids is 1. The van der Waals surface area contributed by atoms with Crippen molar-refractivity contribution in [2.45, 2.75) is 18.9 Å². The summed E-state index contributed by atoms with van der Waals surface area (Å²) in [5, 5.41) is 4.27. The van der Waals surface area contributed by atoms with E-state index >= 15 is 0 Å². The van der Waals surface area contributed by atoms with Crippen LogP contribution in [0.1, 0.15) is 22.5 Å². The first-order chi connectivity index (χ1) is 10.6. The maximum atomic E-state index is 12.9. The molecule has 5 nitrogen and oxygen atoms in total. The normalized spacial score (nSPS) is 18.2. The number of likely N-dealkylation sites (N-methyl/N-ethyl adjacent to an activating group) is 1. The fourth-order valence-corrected chi connectivity index (χ4v) is 2.99. The Morgan fingerprint density at radius 2 is 2.05 bits per heavy atom. The van der Waals surface area contributed by atoms with Gasteiger partial charge in [0.25, 0.3) is 5.91 Å². The number of hydrogen-bond donors (Lipinski definition) is 0. The Kier molecular flexibility index (Phi) is 3.98. The van der Waals surface area contributed by atoms with Crippen molar-refractivity contribution in [3.05, 3.63) is 47.8 Å². The van der Waals surface area contributed by atoms with Crippen molar-refractivity contribution in [1.82, 2.24) is 14.7 Å². The van der Waals surface area contributed by atoms with Crippen LogP contribution in [0.15, 0.2) is 36.5 Å². The Morgan fingerprint density at radius 1 is 1.27 bits per heavy atom. The lowest BCUT2D eigenvalue weighted by Gasteiger charge is -2.28. The molecule has 1 unspecified atom stereocenters. The van der Waals surface area contributed by atoms with Gasteiger partial charge in [0.2, 0.25) is 0 Å². The monoisotopic (exact) mass is 298 g/mol. The number of hydrogen-bond acceptors (Lipinski definition) is 3. The third kappa shape index (κ3) is 2.76. The smallest absolute Gasteiger partial charge is 0.278 e. The molecular formula is C17H22N4O. The number of nitrogens with zero attached hydrogens (tertiary/aromatic N) is 4. The Balaban J connectivity index is 1.99. The summed E-state index contributed by atoms with van der Waals surface area (Å²) in [6, 6.07) is 10.3. The number of aromatic nitrogens is 2. The minimum absolute atomic E-state index is 0.0261. The highest BCUT2D eigenvalue weighted by molar-refractivity contribution is 6.05. The zero-order valence-corrected chi connectivity index (χ0v) is 13.4. The third-order valence-corrected chi connectivity index (χ3v) is 4.33. The van der Waals surface area contributed by atoms with Crippen LogP contribution in [0.2, 0.25) is 0 Å². The van der Waals surface area contributed by atoms with E-state index in [2.05, 4.69) is 30.2 Å². The number of aryl methyl sites for hydroxylation is 2. The van der Waals surface area contributed by atoms with Crippen LogP contribution in [-0.4, -0.2) is 47.3 Å². The first-order valence-corrected chi connectivity index (χ1v) is 7.62. The molecule has 0 N–H and O–H groups in total. The number of rotatable bonds is 2. The lowest BCUT2D eigenvalue weighted by molar-refractivity contribution is 0.0974. The first-order valence-electron chi connectivity index (χ1n) is 7.62. The SMILES string of the molecule is CN(C)C1CCc2ccccc2N(C(=O)c2ccn(C)n2)C1. The van der Waals surface area contributed by atoms with Gasteiger partial charge in [0.1, 0.15) is 0 Å². The second-order valence-electron chi connectivity index (χ2n) is 6.08. The quantitative estimate of drug-likeness (QED) is 0.851. The van der Waals surface area contributed by atoms with Crippen LogP contribution in [0.3, 0.4) is 0 Å². The van der Waals surface area contributed by atoms with Crippen molar-refractivity contribution in [2.24, 2.45) is 7.05 Å². The molecule has 1 aliphatic heterocycles. The van der Waals surface area contributed by atoms with E-state index in [4.69, 9.17) is 0 Å². The second-order valence-corrected chi connectivity index (χ2v) is 6.08. The Labute approximate surface area is 131 Å². The highest BCUT2D eigenvalue weighted by atomic mass is 16.2. The molecule has 1 amide bonds. The number of amides is 1. The molecule has 0 saturated carbocycles. The maximum Gasteiger partial charge on any atom is 0.278 e. The highest BCUT2D eigenvalue weighted by Crippen LogP contribution is 2.28. The van der Waals surface area contributed by atoms with Gasteiger partial charge in [0, 0.05) is 31.5 Å². The predicted molar refractivity (Wildman–Crippen MR) is 87.1 cm³/mol. The molecular weight excluding hydrogens is 276 g/mol. The number of carbonyl (C=O) groups is 1. The van der Waals surface area contributed by atoms with Crippen molar-refractivity contribution in [3.63, 3.8) is 0 Å². The van der Waals surface area contributed by atoms with E-state index < -0.39 is 0 Å². The van der Waals surface area contributed by atoms with E-state index in [0.717, 1.165) is 18.5 Å². The van der Waals surface area contributed by atoms with Gasteiger partial charge in [0.05, 0.1) is 0 Å². The maximum absolute atomic E-state index is 12.9. The van der Waals surface area contributed by atoms with E-state index in [1.54, 1.807) is 16.9 Å². The lowest BCUT2D eigenvalue weighted by atomic mass is 10.1. The summed E-state index contributed by atoms with van der Waals surface area (Å²) in [4.78, 5) is 17.0. The van der Waals surface area contributed by atoms with Crippen LogP contribution >= 0.6 is 0 Å². The zero-order valence-electron chi connectivity index (χ0n) is 13.4. The molecule has 22 heavy (non-hydrogen) atoms. The standard InChI is InChI=1S/C17H22N4O/c1-19(2)14-9-8-13-6-4-5-7-16(13)21(12-14)17(22)15-10-11-20(3)18-15/h4-7,10-11,14H,8-9,12H2,1-3H3. The van der Waals surface area contributed by atoms with E-state index in [0.29, 0.717) is 18.3 Å². The second kappa shape index (κ2) is 5.93. The van der Waals surface area contributed by atoms with Gasteiger partial charge in [-0.3, -0.25) is 9.48 Å². The molecule has 116 valence electrons. The Morgan fingerprint density at radius 3 is 2.73 bits per heavy atom. The van der Waals surface area contributed by atoms with Crippen molar-refractivity contribution in [1.29, 1.82) is 0 Å². The molecule has 1 atom stereocenters. The van der Waals surface area contributed by atoms with E-state index in [-0.39, 0.29) is 5.91 Å². The third-order valence-electron chi connectivity index (χ3n) is 4.33. The first kappa shape index (κ1) is 14.8. The van der Waals surface area contributed by atoms with E-state index in [1.807, 2.05) is 30.1 Å². The largest absolute Gasteiger partial charge is 0.305 e. The lowest BCUT2D eigenvalue weighted by Crippen LogP contribution is -2.42. The molecule has 3 rings (SSSR count). The van der Waals surface area contributed by atoms with Gasteiger partial charge in [0.15, 0.2) is 5.69 Å². The molecule has 5 heteroatoms. The van der Waals surface area contributed by atoms with Gasteiger partial charge < -0.3 is 9.80 Å². The highest BCUT2D eigenvalue weighted by Gasteiger charge is 2.28. The summed E-state index contributed by atoms with van der Waals surface area (Å²) in [5.74, 6) is -0.0261. The Hall–Kier alpha value is -2.14. The zero-order chi connectivity index (χ0) is 15.7. The van der Waals surface area contributed by atoms with Gasteiger partial charge in [-0.1, -0.05) is 18.2 Å². The Bertz CT molecular complexity index is 677. The summed E-state index contributed by atoms with van der Waals surface area (Å²) >= 11 is 0. The average molecular weight is 298 g/mol. The molecule has 1 aromatic heterocycles. The van der Waals surface area contributed by atoms with Crippen LogP contribution in [0.5, 0.6) is 0 Å². The topological polar surface area (TPSA) is 41.4 Å². The number of benzene rings is 1. The minimum atomic E-state index is -0.0261. The van der Waals surface area contributed by atoms with Gasteiger partial charge in [-0.05, 0) is 44.6 Å². The number of fused-ring (bicyclic) bond motifs is 1. The van der Waals surface area contributed by atoms with Crippen molar-refractivity contribution < 1.29 is 4.79 Å². The molecule has 0 bridgehead atoms. The number of para-hydroxylation sites is 1. The summed E-state index contributed by atoms with van der Waals surface area (Å²) < 4.78 is 1.67. The van der Waals surface area contributed by atoms with Crippen LogP contribution in [0.4, 0.5) is 5.69 Å². The molecule has 2 heterocycles.